The molecule has 1 aliphatic carbocycles. The van der Waals surface area contributed by atoms with Gasteiger partial charge in [0, 0.05) is 24.8 Å². The second-order valence-electron chi connectivity index (χ2n) is 5.38. The minimum Gasteiger partial charge on any atom is -0.265 e. The largest absolute Gasteiger partial charge is 0.265 e. The molecule has 6 heteroatoms. The number of halogens is 1. The second-order valence-corrected chi connectivity index (χ2v) is 7.61. The van der Waals surface area contributed by atoms with Crippen molar-refractivity contribution in [2.24, 2.45) is 11.8 Å². The van der Waals surface area contributed by atoms with E-state index in [0.29, 0.717) is 30.7 Å². The van der Waals surface area contributed by atoms with Crippen molar-refractivity contribution in [3.63, 3.8) is 0 Å². The first-order valence-corrected chi connectivity index (χ1v) is 9.21. The van der Waals surface area contributed by atoms with Crippen LogP contribution >= 0.6 is 11.6 Å². The van der Waals surface area contributed by atoms with Crippen molar-refractivity contribution < 1.29 is 8.42 Å². The summed E-state index contributed by atoms with van der Waals surface area (Å²) in [6, 6.07) is 3.69. The molecule has 0 amide bonds. The Morgan fingerprint density at radius 1 is 1.25 bits per heavy atom. The molecule has 0 aromatic carbocycles. The third kappa shape index (κ3) is 4.72. The first-order chi connectivity index (χ1) is 9.61. The first kappa shape index (κ1) is 15.7. The number of hydrogen-bond acceptors (Lipinski definition) is 3. The fraction of sp³-hybridized carbons (Fsp3) is 0.643. The molecule has 1 aromatic heterocycles. The van der Waals surface area contributed by atoms with Gasteiger partial charge in [-0.15, -0.1) is 11.6 Å². The highest BCUT2D eigenvalue weighted by Crippen LogP contribution is 2.32. The summed E-state index contributed by atoms with van der Waals surface area (Å²) in [4.78, 5) is 3.92. The molecule has 1 aromatic rings. The van der Waals surface area contributed by atoms with Gasteiger partial charge in [-0.2, -0.15) is 0 Å². The number of aromatic nitrogens is 1. The number of alkyl halides is 1. The summed E-state index contributed by atoms with van der Waals surface area (Å²) in [6.45, 7) is 0.524. The zero-order valence-electron chi connectivity index (χ0n) is 11.5. The van der Waals surface area contributed by atoms with Gasteiger partial charge in [-0.1, -0.05) is 6.42 Å². The van der Waals surface area contributed by atoms with Crippen molar-refractivity contribution in [2.45, 2.75) is 25.7 Å². The maximum Gasteiger partial charge on any atom is 0.211 e. The van der Waals surface area contributed by atoms with Crippen molar-refractivity contribution in [3.8, 4) is 0 Å². The number of nitrogens with zero attached hydrogens (tertiary/aromatic N) is 1. The van der Waals surface area contributed by atoms with Crippen LogP contribution in [0.2, 0.25) is 0 Å². The Balaban J connectivity index is 1.79. The normalized spacial score (nSPS) is 23.1. The van der Waals surface area contributed by atoms with Crippen molar-refractivity contribution in [1.82, 2.24) is 9.71 Å². The molecule has 1 saturated carbocycles. The number of sulfonamides is 1. The molecule has 0 saturated heterocycles. The molecule has 1 N–H and O–H groups in total. The van der Waals surface area contributed by atoms with Gasteiger partial charge >= 0.3 is 0 Å². The Kier molecular flexibility index (Phi) is 5.81. The highest BCUT2D eigenvalue weighted by Gasteiger charge is 2.27. The average molecular weight is 317 g/mol. The van der Waals surface area contributed by atoms with E-state index in [1.807, 2.05) is 12.1 Å². The summed E-state index contributed by atoms with van der Waals surface area (Å²) in [7, 11) is -3.21. The van der Waals surface area contributed by atoms with E-state index in [1.54, 1.807) is 12.4 Å². The standard InChI is InChI=1S/C14H21ClN2O2S/c15-10-13-2-1-3-14(13)11-17-20(18,19)9-6-12-4-7-16-8-5-12/h4-5,7-8,13-14,17H,1-3,6,9-11H2. The second kappa shape index (κ2) is 7.38. The number of pyridine rings is 1. The Morgan fingerprint density at radius 2 is 1.95 bits per heavy atom. The van der Waals surface area contributed by atoms with E-state index in [9.17, 15) is 8.42 Å². The molecule has 20 heavy (non-hydrogen) atoms. The molecule has 2 atom stereocenters. The topological polar surface area (TPSA) is 59.1 Å². The molecule has 0 aliphatic heterocycles. The van der Waals surface area contributed by atoms with Crippen LogP contribution in [0.1, 0.15) is 24.8 Å². The Hall–Kier alpha value is -0.650. The molecule has 112 valence electrons. The van der Waals surface area contributed by atoms with E-state index in [-0.39, 0.29) is 5.75 Å². The average Bonchev–Trinajstić information content (AvgIpc) is 2.92. The van der Waals surface area contributed by atoms with E-state index in [4.69, 9.17) is 11.6 Å². The van der Waals surface area contributed by atoms with Crippen molar-refractivity contribution in [3.05, 3.63) is 30.1 Å². The molecule has 0 radical (unpaired) electrons. The van der Waals surface area contributed by atoms with Crippen molar-refractivity contribution in [2.75, 3.05) is 18.2 Å². The summed E-state index contributed by atoms with van der Waals surface area (Å²) in [6.07, 6.45) is 7.22. The number of nitrogens with one attached hydrogen (secondary N) is 1. The smallest absolute Gasteiger partial charge is 0.211 e. The molecule has 1 aliphatic rings. The Labute approximate surface area is 126 Å². The number of aryl methyl sites for hydroxylation is 1. The van der Waals surface area contributed by atoms with Crippen LogP contribution in [0.25, 0.3) is 0 Å². The lowest BCUT2D eigenvalue weighted by Crippen LogP contribution is -2.33. The molecule has 2 rings (SSSR count). The fourth-order valence-corrected chi connectivity index (χ4v) is 4.22. The van der Waals surface area contributed by atoms with Gasteiger partial charge in [0.1, 0.15) is 0 Å². The predicted octanol–water partition coefficient (Wildman–Crippen LogP) is 2.20. The number of hydrogen-bond donors (Lipinski definition) is 1. The van der Waals surface area contributed by atoms with Gasteiger partial charge in [0.25, 0.3) is 0 Å². The molecular formula is C14H21ClN2O2S. The van der Waals surface area contributed by atoms with Crippen LogP contribution in [-0.2, 0) is 16.4 Å². The zero-order valence-corrected chi connectivity index (χ0v) is 13.0. The molecule has 1 heterocycles. The lowest BCUT2D eigenvalue weighted by Gasteiger charge is -2.17. The SMILES string of the molecule is O=S(=O)(CCc1ccncc1)NCC1CCCC1CCl. The lowest BCUT2D eigenvalue weighted by atomic mass is 9.98. The van der Waals surface area contributed by atoms with Gasteiger partial charge in [-0.05, 0) is 48.8 Å². The van der Waals surface area contributed by atoms with Crippen LogP contribution in [0, 0.1) is 11.8 Å². The minimum absolute atomic E-state index is 0.120. The van der Waals surface area contributed by atoms with E-state index in [2.05, 4.69) is 9.71 Å². The number of rotatable bonds is 7. The van der Waals surface area contributed by atoms with Crippen LogP contribution in [0.5, 0.6) is 0 Å². The van der Waals surface area contributed by atoms with E-state index >= 15 is 0 Å². The Morgan fingerprint density at radius 3 is 2.65 bits per heavy atom. The van der Waals surface area contributed by atoms with E-state index in [1.165, 1.54) is 0 Å². The summed E-state index contributed by atoms with van der Waals surface area (Å²) in [5, 5.41) is 0. The van der Waals surface area contributed by atoms with E-state index < -0.39 is 10.0 Å². The molecular weight excluding hydrogens is 296 g/mol. The van der Waals surface area contributed by atoms with Gasteiger partial charge in [0.15, 0.2) is 0 Å². The molecule has 1 fully saturated rings. The summed E-state index contributed by atoms with van der Waals surface area (Å²) in [5.41, 5.74) is 0.991. The molecule has 2 unspecified atom stereocenters. The van der Waals surface area contributed by atoms with Crippen molar-refractivity contribution in [1.29, 1.82) is 0 Å². The predicted molar refractivity (Wildman–Crippen MR) is 81.3 cm³/mol. The van der Waals surface area contributed by atoms with Crippen LogP contribution in [0.3, 0.4) is 0 Å². The summed E-state index contributed by atoms with van der Waals surface area (Å²) in [5.74, 6) is 1.60. The molecule has 0 spiro atoms. The molecule has 4 nitrogen and oxygen atoms in total. The fourth-order valence-electron chi connectivity index (χ4n) is 2.69. The highest BCUT2D eigenvalue weighted by molar-refractivity contribution is 7.89. The van der Waals surface area contributed by atoms with E-state index in [0.717, 1.165) is 24.8 Å². The minimum atomic E-state index is -3.21. The van der Waals surface area contributed by atoms with Gasteiger partial charge in [-0.3, -0.25) is 4.98 Å². The third-order valence-corrected chi connectivity index (χ3v) is 5.73. The summed E-state index contributed by atoms with van der Waals surface area (Å²) >= 11 is 5.91. The monoisotopic (exact) mass is 316 g/mol. The third-order valence-electron chi connectivity index (χ3n) is 3.99. The zero-order chi connectivity index (χ0) is 14.4. The maximum atomic E-state index is 12.0. The maximum absolute atomic E-state index is 12.0. The highest BCUT2D eigenvalue weighted by atomic mass is 35.5. The van der Waals surface area contributed by atoms with Gasteiger partial charge in [0.2, 0.25) is 10.0 Å². The van der Waals surface area contributed by atoms with Gasteiger partial charge in [-0.25, -0.2) is 13.1 Å². The lowest BCUT2D eigenvalue weighted by molar-refractivity contribution is 0.418. The van der Waals surface area contributed by atoms with Crippen LogP contribution in [0.15, 0.2) is 24.5 Å². The van der Waals surface area contributed by atoms with Crippen LogP contribution < -0.4 is 4.72 Å². The quantitative estimate of drug-likeness (QED) is 0.785. The summed E-state index contributed by atoms with van der Waals surface area (Å²) < 4.78 is 26.7. The van der Waals surface area contributed by atoms with Crippen LogP contribution in [0.4, 0.5) is 0 Å². The van der Waals surface area contributed by atoms with Gasteiger partial charge < -0.3 is 0 Å². The van der Waals surface area contributed by atoms with Gasteiger partial charge in [0.05, 0.1) is 5.75 Å². The molecule has 0 bridgehead atoms. The first-order valence-electron chi connectivity index (χ1n) is 7.03. The van der Waals surface area contributed by atoms with Crippen molar-refractivity contribution >= 4 is 21.6 Å². The Bertz CT molecular complexity index is 507. The van der Waals surface area contributed by atoms with Crippen LogP contribution in [-0.4, -0.2) is 31.6 Å².